The van der Waals surface area contributed by atoms with E-state index in [-0.39, 0.29) is 12.5 Å². The molecule has 0 bridgehead atoms. The van der Waals surface area contributed by atoms with Crippen LogP contribution in [0.5, 0.6) is 0 Å². The van der Waals surface area contributed by atoms with Crippen LogP contribution in [0.2, 0.25) is 0 Å². The molecule has 0 heterocycles. The van der Waals surface area contributed by atoms with Crippen molar-refractivity contribution < 1.29 is 14.4 Å². The van der Waals surface area contributed by atoms with Crippen LogP contribution in [-0.2, 0) is 20.8 Å². The van der Waals surface area contributed by atoms with E-state index < -0.39 is 0 Å². The van der Waals surface area contributed by atoms with E-state index in [0.717, 1.165) is 6.42 Å². The number of methoxy groups -OCH3 is 1. The Morgan fingerprint density at radius 2 is 2.10 bits per heavy atom. The van der Waals surface area contributed by atoms with Gasteiger partial charge in [0.05, 0.1) is 6.61 Å². The number of amides is 1. The number of aryl methyl sites for hydroxylation is 1. The van der Waals surface area contributed by atoms with Crippen molar-refractivity contribution in [3.63, 3.8) is 0 Å². The molecule has 0 atom stereocenters. The van der Waals surface area contributed by atoms with Crippen LogP contribution in [0.1, 0.15) is 12.0 Å². The van der Waals surface area contributed by atoms with Gasteiger partial charge in [-0.2, -0.15) is 0 Å². The maximum absolute atomic E-state index is 11.3. The molecule has 0 saturated carbocycles. The molecule has 0 spiro atoms. The summed E-state index contributed by atoms with van der Waals surface area (Å²) >= 11 is 0. The highest BCUT2D eigenvalue weighted by atomic mass is 16.6. The lowest BCUT2D eigenvalue weighted by Crippen LogP contribution is -2.30. The molecule has 0 fully saturated rings. The summed E-state index contributed by atoms with van der Waals surface area (Å²) in [5.41, 5.74) is 6.89. The number of carbonyl (C=O) groups excluding carboxylic acids is 1. The summed E-state index contributed by atoms with van der Waals surface area (Å²) < 4.78 is 4.81. The second-order valence-corrected chi connectivity index (χ2v) is 4.18. The Bertz CT molecular complexity index is 421. The molecule has 20 heavy (non-hydrogen) atoms. The van der Waals surface area contributed by atoms with Crippen molar-refractivity contribution in [1.29, 1.82) is 0 Å². The highest BCUT2D eigenvalue weighted by Gasteiger charge is 2.01. The van der Waals surface area contributed by atoms with Crippen LogP contribution in [-0.4, -0.2) is 38.6 Å². The zero-order valence-corrected chi connectivity index (χ0v) is 11.7. The van der Waals surface area contributed by atoms with Gasteiger partial charge in [0.2, 0.25) is 0 Å². The minimum Gasteiger partial charge on any atom is -0.384 e. The molecule has 0 aliphatic rings. The zero-order chi connectivity index (χ0) is 14.6. The highest BCUT2D eigenvalue weighted by Crippen LogP contribution is 2.02. The molecule has 0 aliphatic heterocycles. The first-order chi connectivity index (χ1) is 9.72. The van der Waals surface area contributed by atoms with Crippen molar-refractivity contribution in [2.75, 3.05) is 26.9 Å². The van der Waals surface area contributed by atoms with Gasteiger partial charge in [0.15, 0.2) is 6.61 Å². The van der Waals surface area contributed by atoms with Crippen LogP contribution in [0.4, 0.5) is 0 Å². The van der Waals surface area contributed by atoms with Crippen LogP contribution in [0.25, 0.3) is 0 Å². The fraction of sp³-hybridized carbons (Fsp3) is 0.429. The Morgan fingerprint density at radius 3 is 2.80 bits per heavy atom. The fourth-order valence-electron chi connectivity index (χ4n) is 1.48. The molecule has 1 aromatic rings. The average molecular weight is 279 g/mol. The smallest absolute Gasteiger partial charge is 0.260 e. The van der Waals surface area contributed by atoms with Crippen molar-refractivity contribution in [3.05, 3.63) is 35.9 Å². The maximum Gasteiger partial charge on any atom is 0.260 e. The second kappa shape index (κ2) is 9.80. The molecule has 6 heteroatoms. The average Bonchev–Trinajstić information content (AvgIpc) is 2.46. The number of nitrogens with zero attached hydrogens (tertiary/aromatic N) is 1. The molecule has 110 valence electrons. The monoisotopic (exact) mass is 279 g/mol. The highest BCUT2D eigenvalue weighted by molar-refractivity contribution is 5.80. The van der Waals surface area contributed by atoms with Gasteiger partial charge in [-0.25, -0.2) is 0 Å². The summed E-state index contributed by atoms with van der Waals surface area (Å²) in [4.78, 5) is 16.2. The summed E-state index contributed by atoms with van der Waals surface area (Å²) in [6.45, 7) is 0.774. The van der Waals surface area contributed by atoms with Gasteiger partial charge in [-0.15, -0.1) is 0 Å². The van der Waals surface area contributed by atoms with E-state index in [9.17, 15) is 4.79 Å². The first kappa shape index (κ1) is 16.0. The number of amidine groups is 1. The van der Waals surface area contributed by atoms with E-state index in [0.29, 0.717) is 25.4 Å². The molecule has 1 aromatic carbocycles. The van der Waals surface area contributed by atoms with Crippen molar-refractivity contribution in [1.82, 2.24) is 5.32 Å². The normalized spacial score (nSPS) is 11.2. The molecule has 0 saturated heterocycles. The van der Waals surface area contributed by atoms with Gasteiger partial charge in [0, 0.05) is 20.1 Å². The number of benzene rings is 1. The van der Waals surface area contributed by atoms with E-state index in [1.54, 1.807) is 7.11 Å². The standard InChI is InChI=1S/C14H21N3O3/c1-19-10-9-16-14(18)11-20-17-13(15)8-7-12-5-3-2-4-6-12/h2-6H,7-11H2,1H3,(H2,15,17)(H,16,18). The van der Waals surface area contributed by atoms with Gasteiger partial charge in [0.25, 0.3) is 5.91 Å². The number of hydrogen-bond acceptors (Lipinski definition) is 4. The van der Waals surface area contributed by atoms with Gasteiger partial charge < -0.3 is 20.6 Å². The number of oxime groups is 1. The number of hydrogen-bond donors (Lipinski definition) is 2. The van der Waals surface area contributed by atoms with Gasteiger partial charge in [-0.1, -0.05) is 35.5 Å². The van der Waals surface area contributed by atoms with E-state index >= 15 is 0 Å². The van der Waals surface area contributed by atoms with E-state index in [1.165, 1.54) is 5.56 Å². The Labute approximate surface area is 118 Å². The van der Waals surface area contributed by atoms with Crippen molar-refractivity contribution in [3.8, 4) is 0 Å². The van der Waals surface area contributed by atoms with E-state index in [1.807, 2.05) is 30.3 Å². The molecule has 0 radical (unpaired) electrons. The first-order valence-corrected chi connectivity index (χ1v) is 6.46. The summed E-state index contributed by atoms with van der Waals surface area (Å²) in [6, 6.07) is 9.97. The quantitative estimate of drug-likeness (QED) is 0.301. The Morgan fingerprint density at radius 1 is 1.35 bits per heavy atom. The van der Waals surface area contributed by atoms with Crippen LogP contribution in [0.3, 0.4) is 0 Å². The predicted molar refractivity (Wildman–Crippen MR) is 77.2 cm³/mol. The minimum absolute atomic E-state index is 0.143. The molecule has 0 aromatic heterocycles. The largest absolute Gasteiger partial charge is 0.384 e. The van der Waals surface area contributed by atoms with Gasteiger partial charge >= 0.3 is 0 Å². The number of nitrogens with one attached hydrogen (secondary N) is 1. The molecule has 0 aliphatic carbocycles. The minimum atomic E-state index is -0.248. The molecule has 6 nitrogen and oxygen atoms in total. The predicted octanol–water partition coefficient (Wildman–Crippen LogP) is 0.671. The van der Waals surface area contributed by atoms with Gasteiger partial charge in [-0.05, 0) is 12.0 Å². The maximum atomic E-state index is 11.3. The third kappa shape index (κ3) is 7.38. The lowest BCUT2D eigenvalue weighted by molar-refractivity contribution is -0.125. The first-order valence-electron chi connectivity index (χ1n) is 6.46. The lowest BCUT2D eigenvalue weighted by Gasteiger charge is -2.04. The van der Waals surface area contributed by atoms with Crippen molar-refractivity contribution >= 4 is 11.7 Å². The summed E-state index contributed by atoms with van der Waals surface area (Å²) in [5.74, 6) is 0.125. The topological polar surface area (TPSA) is 85.9 Å². The number of rotatable bonds is 9. The van der Waals surface area contributed by atoms with Gasteiger partial charge in [-0.3, -0.25) is 4.79 Å². The zero-order valence-electron chi connectivity index (χ0n) is 11.7. The van der Waals surface area contributed by atoms with Crippen LogP contribution < -0.4 is 11.1 Å². The SMILES string of the molecule is COCCNC(=O)CO/N=C(\N)CCc1ccccc1. The van der Waals surface area contributed by atoms with E-state index in [2.05, 4.69) is 10.5 Å². The fourth-order valence-corrected chi connectivity index (χ4v) is 1.48. The number of nitrogens with two attached hydrogens (primary N) is 1. The molecule has 3 N–H and O–H groups in total. The number of ether oxygens (including phenoxy) is 1. The Hall–Kier alpha value is -2.08. The molecular formula is C14H21N3O3. The van der Waals surface area contributed by atoms with Crippen LogP contribution in [0.15, 0.2) is 35.5 Å². The Balaban J connectivity index is 2.16. The summed E-state index contributed by atoms with van der Waals surface area (Å²) in [6.07, 6.45) is 1.38. The third-order valence-electron chi connectivity index (χ3n) is 2.52. The molecule has 0 unspecified atom stereocenters. The lowest BCUT2D eigenvalue weighted by atomic mass is 10.1. The van der Waals surface area contributed by atoms with E-state index in [4.69, 9.17) is 15.3 Å². The summed E-state index contributed by atoms with van der Waals surface area (Å²) in [5, 5.41) is 6.33. The summed E-state index contributed by atoms with van der Waals surface area (Å²) in [7, 11) is 1.57. The Kier molecular flexibility index (Phi) is 7.83. The van der Waals surface area contributed by atoms with Crippen LogP contribution in [0, 0.1) is 0 Å². The number of carbonyl (C=O) groups is 1. The molecular weight excluding hydrogens is 258 g/mol. The second-order valence-electron chi connectivity index (χ2n) is 4.18. The molecule has 1 rings (SSSR count). The molecule has 1 amide bonds. The van der Waals surface area contributed by atoms with Gasteiger partial charge in [0.1, 0.15) is 5.84 Å². The van der Waals surface area contributed by atoms with Crippen LogP contribution >= 0.6 is 0 Å². The van der Waals surface area contributed by atoms with Crippen molar-refractivity contribution in [2.24, 2.45) is 10.9 Å². The third-order valence-corrected chi connectivity index (χ3v) is 2.52. The van der Waals surface area contributed by atoms with Crippen molar-refractivity contribution in [2.45, 2.75) is 12.8 Å².